The van der Waals surface area contributed by atoms with Crippen LogP contribution in [-0.2, 0) is 4.74 Å². The Kier molecular flexibility index (Phi) is 4.39. The van der Waals surface area contributed by atoms with Gasteiger partial charge < -0.3 is 9.75 Å². The fraction of sp³-hybridized carbons (Fsp3) is 0.300. The molecule has 23 heavy (non-hydrogen) atoms. The van der Waals surface area contributed by atoms with Crippen LogP contribution in [0.15, 0.2) is 66.4 Å². The average Bonchev–Trinajstić information content (AvgIpc) is 2.79. The molecule has 0 fully saturated rings. The summed E-state index contributed by atoms with van der Waals surface area (Å²) in [6.45, 7) is 4.16. The minimum absolute atomic E-state index is 0.0961. The van der Waals surface area contributed by atoms with Crippen molar-refractivity contribution in [3.8, 4) is 0 Å². The topological polar surface area (TPSA) is 15.7 Å². The molecule has 0 spiro atoms. The molecule has 3 rings (SSSR count). The molecule has 120 valence electrons. The molecule has 3 nitrogen and oxygen atoms in total. The van der Waals surface area contributed by atoms with Crippen molar-refractivity contribution >= 4 is 5.70 Å². The van der Waals surface area contributed by atoms with Gasteiger partial charge in [0.15, 0.2) is 0 Å². The fourth-order valence-corrected chi connectivity index (χ4v) is 3.09. The molecule has 1 heterocycles. The third-order valence-electron chi connectivity index (χ3n) is 4.18. The number of benzene rings is 2. The molecule has 0 saturated heterocycles. The number of likely N-dealkylation sites (N-methyl/N-ethyl adjacent to an activating group) is 1. The average molecular weight is 308 g/mol. The molecule has 0 aromatic heterocycles. The standard InChI is InChI=1S/C20H24N2O/c1-15(2)23-20-18(16-11-7-5-8-12-16)21(3)22(4)19(20)17-13-9-6-10-14-17/h5-15,18H,1-4H3. The first kappa shape index (κ1) is 15.6. The van der Waals surface area contributed by atoms with Crippen LogP contribution in [0.3, 0.4) is 0 Å². The summed E-state index contributed by atoms with van der Waals surface area (Å²) in [5, 5.41) is 4.42. The summed E-state index contributed by atoms with van der Waals surface area (Å²) in [5.41, 5.74) is 3.55. The molecular formula is C20H24N2O. The summed E-state index contributed by atoms with van der Waals surface area (Å²) in [4.78, 5) is 0. The molecular weight excluding hydrogens is 284 g/mol. The maximum atomic E-state index is 6.28. The lowest BCUT2D eigenvalue weighted by Crippen LogP contribution is -2.32. The summed E-state index contributed by atoms with van der Waals surface area (Å²) < 4.78 is 6.28. The number of hydrazine groups is 1. The zero-order valence-corrected chi connectivity index (χ0v) is 14.2. The van der Waals surface area contributed by atoms with Crippen molar-refractivity contribution in [2.75, 3.05) is 14.1 Å². The maximum Gasteiger partial charge on any atom is 0.145 e. The van der Waals surface area contributed by atoms with E-state index in [-0.39, 0.29) is 12.1 Å². The summed E-state index contributed by atoms with van der Waals surface area (Å²) in [5.74, 6) is 1.02. The summed E-state index contributed by atoms with van der Waals surface area (Å²) in [6, 6.07) is 21.1. The molecule has 2 aromatic rings. The molecule has 2 aromatic carbocycles. The number of hydrogen-bond donors (Lipinski definition) is 0. The van der Waals surface area contributed by atoms with Gasteiger partial charge in [-0.3, -0.25) is 0 Å². The largest absolute Gasteiger partial charge is 0.491 e. The first-order valence-electron chi connectivity index (χ1n) is 8.07. The fourth-order valence-electron chi connectivity index (χ4n) is 3.09. The van der Waals surface area contributed by atoms with Gasteiger partial charge >= 0.3 is 0 Å². The molecule has 0 bridgehead atoms. The van der Waals surface area contributed by atoms with Crippen molar-refractivity contribution in [3.63, 3.8) is 0 Å². The smallest absolute Gasteiger partial charge is 0.145 e. The van der Waals surface area contributed by atoms with Crippen molar-refractivity contribution < 1.29 is 4.74 Å². The lowest BCUT2D eigenvalue weighted by atomic mass is 10.0. The molecule has 1 unspecified atom stereocenters. The van der Waals surface area contributed by atoms with Gasteiger partial charge in [0.05, 0.1) is 11.8 Å². The third kappa shape index (κ3) is 2.97. The summed E-state index contributed by atoms with van der Waals surface area (Å²) >= 11 is 0. The Morgan fingerprint density at radius 2 is 1.43 bits per heavy atom. The first-order valence-corrected chi connectivity index (χ1v) is 8.07. The highest BCUT2D eigenvalue weighted by molar-refractivity contribution is 5.69. The second-order valence-electron chi connectivity index (χ2n) is 6.16. The van der Waals surface area contributed by atoms with Gasteiger partial charge in [-0.1, -0.05) is 60.7 Å². The first-order chi connectivity index (χ1) is 11.1. The second-order valence-corrected chi connectivity index (χ2v) is 6.16. The Bertz CT molecular complexity index is 679. The highest BCUT2D eigenvalue weighted by Crippen LogP contribution is 2.43. The minimum atomic E-state index is 0.0961. The maximum absolute atomic E-state index is 6.28. The van der Waals surface area contributed by atoms with E-state index in [1.807, 2.05) is 12.1 Å². The second kappa shape index (κ2) is 6.47. The molecule has 0 amide bonds. The Hall–Kier alpha value is -2.26. The number of rotatable bonds is 4. The van der Waals surface area contributed by atoms with Gasteiger partial charge in [0.25, 0.3) is 0 Å². The Balaban J connectivity index is 2.14. The molecule has 0 saturated carbocycles. The van der Waals surface area contributed by atoms with Gasteiger partial charge in [0.1, 0.15) is 11.8 Å². The molecule has 1 aliphatic heterocycles. The quantitative estimate of drug-likeness (QED) is 0.837. The van der Waals surface area contributed by atoms with E-state index in [9.17, 15) is 0 Å². The van der Waals surface area contributed by atoms with Crippen molar-refractivity contribution in [2.24, 2.45) is 0 Å². The number of hydrogen-bond acceptors (Lipinski definition) is 3. The van der Waals surface area contributed by atoms with E-state index in [0.717, 1.165) is 11.5 Å². The van der Waals surface area contributed by atoms with Gasteiger partial charge in [0.2, 0.25) is 0 Å². The predicted octanol–water partition coefficient (Wildman–Crippen LogP) is 4.31. The number of ether oxygens (including phenoxy) is 1. The molecule has 1 atom stereocenters. The molecule has 0 aliphatic carbocycles. The van der Waals surface area contributed by atoms with E-state index < -0.39 is 0 Å². The predicted molar refractivity (Wildman–Crippen MR) is 94.3 cm³/mol. The lowest BCUT2D eigenvalue weighted by molar-refractivity contribution is 0.0511. The van der Waals surface area contributed by atoms with Gasteiger partial charge in [0, 0.05) is 19.7 Å². The highest BCUT2D eigenvalue weighted by atomic mass is 16.5. The molecule has 1 aliphatic rings. The zero-order valence-electron chi connectivity index (χ0n) is 14.2. The molecule has 0 radical (unpaired) electrons. The van der Waals surface area contributed by atoms with E-state index in [0.29, 0.717) is 0 Å². The lowest BCUT2D eigenvalue weighted by Gasteiger charge is -2.29. The van der Waals surface area contributed by atoms with Crippen LogP contribution < -0.4 is 0 Å². The van der Waals surface area contributed by atoms with Crippen molar-refractivity contribution in [1.82, 2.24) is 10.0 Å². The van der Waals surface area contributed by atoms with Crippen LogP contribution in [0.25, 0.3) is 5.70 Å². The van der Waals surface area contributed by atoms with E-state index in [1.165, 1.54) is 11.1 Å². The van der Waals surface area contributed by atoms with Crippen LogP contribution in [0.4, 0.5) is 0 Å². The monoisotopic (exact) mass is 308 g/mol. The highest BCUT2D eigenvalue weighted by Gasteiger charge is 2.38. The minimum Gasteiger partial charge on any atom is -0.491 e. The van der Waals surface area contributed by atoms with Crippen LogP contribution in [0.2, 0.25) is 0 Å². The molecule has 3 heteroatoms. The van der Waals surface area contributed by atoms with Crippen LogP contribution in [0, 0.1) is 0 Å². The normalized spacial score (nSPS) is 18.8. The summed E-state index contributed by atoms with van der Waals surface area (Å²) in [7, 11) is 4.20. The van der Waals surface area contributed by atoms with E-state index in [2.05, 4.69) is 86.5 Å². The SMILES string of the molecule is CC(C)OC1=C(c2ccccc2)N(C)N(C)C1c1ccccc1. The molecule has 0 N–H and O–H groups in total. The van der Waals surface area contributed by atoms with E-state index in [1.54, 1.807) is 0 Å². The van der Waals surface area contributed by atoms with Gasteiger partial charge in [-0.15, -0.1) is 0 Å². The van der Waals surface area contributed by atoms with Crippen molar-refractivity contribution in [3.05, 3.63) is 77.5 Å². The van der Waals surface area contributed by atoms with Crippen LogP contribution in [0.1, 0.15) is 31.0 Å². The van der Waals surface area contributed by atoms with Crippen molar-refractivity contribution in [1.29, 1.82) is 0 Å². The number of nitrogens with zero attached hydrogens (tertiary/aromatic N) is 2. The Labute approximate surface area is 138 Å². The third-order valence-corrected chi connectivity index (χ3v) is 4.18. The Morgan fingerprint density at radius 1 is 0.870 bits per heavy atom. The van der Waals surface area contributed by atoms with Crippen molar-refractivity contribution in [2.45, 2.75) is 26.0 Å². The van der Waals surface area contributed by atoms with Gasteiger partial charge in [-0.05, 0) is 19.4 Å². The van der Waals surface area contributed by atoms with Crippen LogP contribution in [0.5, 0.6) is 0 Å². The van der Waals surface area contributed by atoms with Crippen LogP contribution in [-0.4, -0.2) is 30.2 Å². The van der Waals surface area contributed by atoms with E-state index in [4.69, 9.17) is 4.74 Å². The van der Waals surface area contributed by atoms with E-state index >= 15 is 0 Å². The Morgan fingerprint density at radius 3 is 2.00 bits per heavy atom. The van der Waals surface area contributed by atoms with Crippen LogP contribution >= 0.6 is 0 Å². The summed E-state index contributed by atoms with van der Waals surface area (Å²) in [6.07, 6.45) is 0.134. The zero-order chi connectivity index (χ0) is 16.4. The van der Waals surface area contributed by atoms with Gasteiger partial charge in [-0.25, -0.2) is 5.01 Å². The van der Waals surface area contributed by atoms with Gasteiger partial charge in [-0.2, -0.15) is 0 Å².